The van der Waals surface area contributed by atoms with Crippen molar-refractivity contribution in [1.82, 2.24) is 10.2 Å². The van der Waals surface area contributed by atoms with Crippen LogP contribution in [0.2, 0.25) is 5.02 Å². The average molecular weight is 313 g/mol. The maximum Gasteiger partial charge on any atom is 0.246 e. The third-order valence-electron chi connectivity index (χ3n) is 3.43. The van der Waals surface area contributed by atoms with Gasteiger partial charge in [-0.3, -0.25) is 9.59 Å². The van der Waals surface area contributed by atoms with Gasteiger partial charge in [0.25, 0.3) is 0 Å². The minimum Gasteiger partial charge on any atom is -0.342 e. The fourth-order valence-corrected chi connectivity index (χ4v) is 2.47. The largest absolute Gasteiger partial charge is 0.342 e. The molecule has 1 aromatic rings. The van der Waals surface area contributed by atoms with E-state index in [0.29, 0.717) is 10.6 Å². The lowest BCUT2D eigenvalue weighted by molar-refractivity contribution is -0.147. The molecule has 1 atom stereocenters. The van der Waals surface area contributed by atoms with Crippen molar-refractivity contribution in [2.24, 2.45) is 5.41 Å². The zero-order chi connectivity index (χ0) is 15.8. The molecule has 4 nitrogen and oxygen atoms in total. The van der Waals surface area contributed by atoms with Crippen molar-refractivity contribution in [2.45, 2.75) is 33.4 Å². The van der Waals surface area contributed by atoms with Gasteiger partial charge in [-0.2, -0.15) is 0 Å². The smallest absolute Gasteiger partial charge is 0.246 e. The van der Waals surface area contributed by atoms with Crippen LogP contribution >= 0.6 is 11.6 Å². The third-order valence-corrected chi connectivity index (χ3v) is 3.80. The molecule has 1 N–H and O–H groups in total. The molecule has 0 bridgehead atoms. The van der Waals surface area contributed by atoms with E-state index in [1.165, 1.54) is 23.1 Å². The highest BCUT2D eigenvalue weighted by Gasteiger charge is 2.39. The van der Waals surface area contributed by atoms with Crippen molar-refractivity contribution in [3.05, 3.63) is 34.6 Å². The Hall–Kier alpha value is -1.62. The van der Waals surface area contributed by atoms with Crippen molar-refractivity contribution >= 4 is 23.4 Å². The topological polar surface area (TPSA) is 49.4 Å². The summed E-state index contributed by atoms with van der Waals surface area (Å²) in [7, 11) is 0. The van der Waals surface area contributed by atoms with Gasteiger partial charge in [0.05, 0.1) is 6.54 Å². The van der Waals surface area contributed by atoms with Crippen LogP contribution in [0, 0.1) is 11.2 Å². The van der Waals surface area contributed by atoms with Crippen LogP contribution in [-0.2, 0) is 16.1 Å². The van der Waals surface area contributed by atoms with Gasteiger partial charge < -0.3 is 10.2 Å². The molecular formula is C15H18ClFN2O2. The monoisotopic (exact) mass is 312 g/mol. The Balaban J connectivity index is 2.24. The Bertz CT molecular complexity index is 584. The minimum atomic E-state index is -0.592. The van der Waals surface area contributed by atoms with E-state index in [2.05, 4.69) is 5.32 Å². The lowest BCUT2D eigenvalue weighted by Crippen LogP contribution is -2.61. The number of amides is 2. The number of rotatable bonds is 2. The number of carbonyl (C=O) groups is 2. The molecule has 114 valence electrons. The summed E-state index contributed by atoms with van der Waals surface area (Å²) >= 11 is 6.02. The summed E-state index contributed by atoms with van der Waals surface area (Å²) in [4.78, 5) is 25.7. The van der Waals surface area contributed by atoms with Gasteiger partial charge in [0.2, 0.25) is 11.8 Å². The number of benzene rings is 1. The second kappa shape index (κ2) is 5.64. The highest BCUT2D eigenvalue weighted by atomic mass is 35.5. The first-order valence-electron chi connectivity index (χ1n) is 6.70. The Morgan fingerprint density at radius 2 is 2.05 bits per heavy atom. The number of hydrogen-bond donors (Lipinski definition) is 1. The molecule has 0 radical (unpaired) electrons. The van der Waals surface area contributed by atoms with Gasteiger partial charge in [-0.25, -0.2) is 4.39 Å². The van der Waals surface area contributed by atoms with E-state index in [0.717, 1.165) is 0 Å². The van der Waals surface area contributed by atoms with Gasteiger partial charge in [0.1, 0.15) is 11.9 Å². The van der Waals surface area contributed by atoms with Crippen LogP contribution < -0.4 is 5.32 Å². The molecule has 6 heteroatoms. The van der Waals surface area contributed by atoms with Crippen LogP contribution in [0.5, 0.6) is 0 Å². The first-order valence-corrected chi connectivity index (χ1v) is 7.08. The first-order chi connectivity index (χ1) is 9.68. The molecule has 1 unspecified atom stereocenters. The summed E-state index contributed by atoms with van der Waals surface area (Å²) in [5, 5.41) is 3.09. The fraction of sp³-hybridized carbons (Fsp3) is 0.467. The summed E-state index contributed by atoms with van der Waals surface area (Å²) in [5.74, 6) is -0.819. The van der Waals surface area contributed by atoms with Gasteiger partial charge in [-0.15, -0.1) is 0 Å². The summed E-state index contributed by atoms with van der Waals surface area (Å²) in [6.45, 7) is 5.73. The molecule has 1 aliphatic rings. The molecule has 0 saturated carbocycles. The molecule has 0 aliphatic carbocycles. The normalized spacial score (nSPS) is 19.7. The number of hydrogen-bond acceptors (Lipinski definition) is 2. The van der Waals surface area contributed by atoms with E-state index in [4.69, 9.17) is 11.6 Å². The van der Waals surface area contributed by atoms with Crippen molar-refractivity contribution in [3.8, 4) is 0 Å². The van der Waals surface area contributed by atoms with E-state index >= 15 is 0 Å². The standard InChI is InChI=1S/C15H18ClFN2O2/c1-15(2,3)13-14(21)19(8-12(20)18-13)7-9-6-10(17)4-5-11(9)16/h4-6,13H,7-8H2,1-3H3,(H,18,20). The molecule has 1 heterocycles. The molecule has 1 saturated heterocycles. The Morgan fingerprint density at radius 1 is 1.38 bits per heavy atom. The number of carbonyl (C=O) groups excluding carboxylic acids is 2. The summed E-state index contributed by atoms with van der Waals surface area (Å²) in [5.41, 5.74) is 0.101. The molecule has 1 fully saturated rings. The number of nitrogens with one attached hydrogen (secondary N) is 1. The molecule has 2 rings (SSSR count). The zero-order valence-electron chi connectivity index (χ0n) is 12.2. The fourth-order valence-electron chi connectivity index (χ4n) is 2.29. The second-order valence-corrected chi connectivity index (χ2v) is 6.70. The molecule has 2 amide bonds. The van der Waals surface area contributed by atoms with Crippen LogP contribution in [0.3, 0.4) is 0 Å². The minimum absolute atomic E-state index is 0.0434. The van der Waals surface area contributed by atoms with Gasteiger partial charge in [-0.05, 0) is 29.2 Å². The SMILES string of the molecule is CC(C)(C)C1NC(=O)CN(Cc2cc(F)ccc2Cl)C1=O. The lowest BCUT2D eigenvalue weighted by Gasteiger charge is -2.39. The molecule has 21 heavy (non-hydrogen) atoms. The van der Waals surface area contributed by atoms with Crippen LogP contribution in [0.15, 0.2) is 18.2 Å². The summed E-state index contributed by atoms with van der Waals surface area (Å²) < 4.78 is 13.3. The highest BCUT2D eigenvalue weighted by Crippen LogP contribution is 2.25. The summed E-state index contributed by atoms with van der Waals surface area (Å²) in [6.07, 6.45) is 0. The maximum atomic E-state index is 13.3. The quantitative estimate of drug-likeness (QED) is 0.911. The van der Waals surface area contributed by atoms with E-state index < -0.39 is 17.3 Å². The van der Waals surface area contributed by atoms with Crippen molar-refractivity contribution in [3.63, 3.8) is 0 Å². The predicted octanol–water partition coefficient (Wildman–Crippen LogP) is 2.35. The predicted molar refractivity (Wildman–Crippen MR) is 78.2 cm³/mol. The second-order valence-electron chi connectivity index (χ2n) is 6.30. The average Bonchev–Trinajstić information content (AvgIpc) is 2.36. The van der Waals surface area contributed by atoms with Gasteiger partial charge >= 0.3 is 0 Å². The van der Waals surface area contributed by atoms with Crippen LogP contribution in [0.1, 0.15) is 26.3 Å². The highest BCUT2D eigenvalue weighted by molar-refractivity contribution is 6.31. The lowest BCUT2D eigenvalue weighted by atomic mass is 9.84. The Labute approximate surface area is 128 Å². The van der Waals surface area contributed by atoms with E-state index in [-0.39, 0.29) is 24.9 Å². The van der Waals surface area contributed by atoms with Crippen molar-refractivity contribution in [1.29, 1.82) is 0 Å². The number of nitrogens with zero attached hydrogens (tertiary/aromatic N) is 1. The van der Waals surface area contributed by atoms with E-state index in [9.17, 15) is 14.0 Å². The third kappa shape index (κ3) is 3.53. The Morgan fingerprint density at radius 3 is 2.67 bits per heavy atom. The van der Waals surface area contributed by atoms with Crippen molar-refractivity contribution in [2.75, 3.05) is 6.54 Å². The van der Waals surface area contributed by atoms with Crippen LogP contribution in [0.4, 0.5) is 4.39 Å². The van der Waals surface area contributed by atoms with Crippen LogP contribution in [0.25, 0.3) is 0 Å². The van der Waals surface area contributed by atoms with E-state index in [1.54, 1.807) is 0 Å². The Kier molecular flexibility index (Phi) is 4.23. The van der Waals surface area contributed by atoms with Gasteiger partial charge in [-0.1, -0.05) is 32.4 Å². The molecule has 0 spiro atoms. The molecule has 1 aliphatic heterocycles. The molecule has 1 aromatic carbocycles. The van der Waals surface area contributed by atoms with Crippen molar-refractivity contribution < 1.29 is 14.0 Å². The van der Waals surface area contributed by atoms with Gasteiger partial charge in [0, 0.05) is 11.6 Å². The molecule has 0 aromatic heterocycles. The summed E-state index contributed by atoms with van der Waals surface area (Å²) in [6, 6.07) is 3.40. The van der Waals surface area contributed by atoms with Gasteiger partial charge in [0.15, 0.2) is 0 Å². The molecular weight excluding hydrogens is 295 g/mol. The number of halogens is 2. The first kappa shape index (κ1) is 15.8. The zero-order valence-corrected chi connectivity index (χ0v) is 13.0. The van der Waals surface area contributed by atoms with E-state index in [1.807, 2.05) is 20.8 Å². The number of piperazine rings is 1. The maximum absolute atomic E-state index is 13.3. The van der Waals surface area contributed by atoms with Crippen LogP contribution in [-0.4, -0.2) is 29.3 Å².